The van der Waals surface area contributed by atoms with Crippen LogP contribution < -0.4 is 5.32 Å². The molecule has 0 saturated carbocycles. The van der Waals surface area contributed by atoms with Crippen molar-refractivity contribution >= 4 is 11.0 Å². The van der Waals surface area contributed by atoms with Crippen LogP contribution in [0.1, 0.15) is 37.9 Å². The van der Waals surface area contributed by atoms with E-state index in [2.05, 4.69) is 35.3 Å². The van der Waals surface area contributed by atoms with Gasteiger partial charge < -0.3 is 10.4 Å². The van der Waals surface area contributed by atoms with Gasteiger partial charge in [0.2, 0.25) is 0 Å². The largest absolute Gasteiger partial charge is 0.391 e. The molecule has 25 heavy (non-hydrogen) atoms. The van der Waals surface area contributed by atoms with Crippen molar-refractivity contribution in [2.45, 2.75) is 51.9 Å². The van der Waals surface area contributed by atoms with Crippen molar-refractivity contribution in [2.24, 2.45) is 0 Å². The van der Waals surface area contributed by atoms with E-state index in [-0.39, 0.29) is 6.04 Å². The second-order valence-corrected chi connectivity index (χ2v) is 6.87. The fourth-order valence-corrected chi connectivity index (χ4v) is 2.91. The van der Waals surface area contributed by atoms with Crippen LogP contribution in [0.3, 0.4) is 0 Å². The van der Waals surface area contributed by atoms with Gasteiger partial charge in [0.25, 0.3) is 0 Å². The molecule has 1 aromatic carbocycles. The highest BCUT2D eigenvalue weighted by atomic mass is 16.3. The molecule has 5 nitrogen and oxygen atoms in total. The van der Waals surface area contributed by atoms with E-state index in [0.29, 0.717) is 19.0 Å². The van der Waals surface area contributed by atoms with Crippen LogP contribution in [0, 0.1) is 0 Å². The molecule has 2 heterocycles. The molecule has 132 valence electrons. The van der Waals surface area contributed by atoms with E-state index in [9.17, 15) is 5.11 Å². The number of rotatable bonds is 7. The normalized spacial score (nSPS) is 14.1. The molecule has 0 aliphatic rings. The van der Waals surface area contributed by atoms with Gasteiger partial charge in [-0.15, -0.1) is 0 Å². The van der Waals surface area contributed by atoms with Gasteiger partial charge in [-0.25, -0.2) is 9.67 Å². The molecule has 0 aliphatic heterocycles. The molecule has 3 aromatic rings. The standard InChI is InChI=1S/C20H26N4O/c1-14(2)24-20-18(13-23-24)9-17(12-22-20)11-21-15(3)19(25)10-16-7-5-4-6-8-16/h4-9,12-15,19,21,25H,10-11H2,1-3H3. The van der Waals surface area contributed by atoms with Gasteiger partial charge in [0, 0.05) is 30.2 Å². The third-order valence-corrected chi connectivity index (χ3v) is 4.47. The Morgan fingerprint density at radius 2 is 1.84 bits per heavy atom. The van der Waals surface area contributed by atoms with Gasteiger partial charge in [0.1, 0.15) is 0 Å². The molecule has 0 spiro atoms. The predicted octanol–water partition coefficient (Wildman–Crippen LogP) is 3.09. The molecule has 0 radical (unpaired) electrons. The quantitative estimate of drug-likeness (QED) is 0.695. The topological polar surface area (TPSA) is 63.0 Å². The Morgan fingerprint density at radius 1 is 1.08 bits per heavy atom. The third-order valence-electron chi connectivity index (χ3n) is 4.47. The number of nitrogens with zero attached hydrogens (tertiary/aromatic N) is 3. The molecular weight excluding hydrogens is 312 g/mol. The minimum atomic E-state index is -0.428. The highest BCUT2D eigenvalue weighted by Gasteiger charge is 2.15. The minimum absolute atomic E-state index is 0.00529. The number of nitrogens with one attached hydrogen (secondary N) is 1. The molecule has 0 amide bonds. The van der Waals surface area contributed by atoms with Crippen LogP contribution in [0.2, 0.25) is 0 Å². The van der Waals surface area contributed by atoms with E-state index in [1.165, 1.54) is 0 Å². The highest BCUT2D eigenvalue weighted by Crippen LogP contribution is 2.16. The lowest BCUT2D eigenvalue weighted by Crippen LogP contribution is -2.38. The van der Waals surface area contributed by atoms with Crippen LogP contribution in [0.25, 0.3) is 11.0 Å². The van der Waals surface area contributed by atoms with E-state index >= 15 is 0 Å². The lowest BCUT2D eigenvalue weighted by atomic mass is 10.0. The number of fused-ring (bicyclic) bond motifs is 1. The molecule has 0 saturated heterocycles. The van der Waals surface area contributed by atoms with Crippen LogP contribution in [-0.4, -0.2) is 32.0 Å². The first-order valence-electron chi connectivity index (χ1n) is 8.82. The van der Waals surface area contributed by atoms with Crippen molar-refractivity contribution in [3.05, 3.63) is 59.9 Å². The van der Waals surface area contributed by atoms with Crippen LogP contribution in [-0.2, 0) is 13.0 Å². The van der Waals surface area contributed by atoms with Crippen molar-refractivity contribution in [1.29, 1.82) is 0 Å². The highest BCUT2D eigenvalue weighted by molar-refractivity contribution is 5.75. The van der Waals surface area contributed by atoms with Gasteiger partial charge in [-0.05, 0) is 44.4 Å². The summed E-state index contributed by atoms with van der Waals surface area (Å²) in [4.78, 5) is 4.55. The number of aliphatic hydroxyl groups is 1. The molecule has 2 unspecified atom stereocenters. The summed E-state index contributed by atoms with van der Waals surface area (Å²) < 4.78 is 1.93. The first kappa shape index (κ1) is 17.6. The molecular formula is C20H26N4O. The predicted molar refractivity (Wildman–Crippen MR) is 100 cm³/mol. The number of aliphatic hydroxyl groups excluding tert-OH is 1. The monoisotopic (exact) mass is 338 g/mol. The first-order chi connectivity index (χ1) is 12.0. The molecule has 3 rings (SSSR count). The number of hydrogen-bond donors (Lipinski definition) is 2. The van der Waals surface area contributed by atoms with Crippen molar-refractivity contribution < 1.29 is 5.11 Å². The Balaban J connectivity index is 1.60. The lowest BCUT2D eigenvalue weighted by Gasteiger charge is -2.20. The van der Waals surface area contributed by atoms with Crippen molar-refractivity contribution in [3.63, 3.8) is 0 Å². The fraction of sp³-hybridized carbons (Fsp3) is 0.400. The van der Waals surface area contributed by atoms with E-state index in [1.807, 2.05) is 54.3 Å². The summed E-state index contributed by atoms with van der Waals surface area (Å²) in [6.45, 7) is 6.87. The van der Waals surface area contributed by atoms with Crippen molar-refractivity contribution in [1.82, 2.24) is 20.1 Å². The van der Waals surface area contributed by atoms with Crippen LogP contribution >= 0.6 is 0 Å². The summed E-state index contributed by atoms with van der Waals surface area (Å²) in [5, 5.41) is 19.2. The number of hydrogen-bond acceptors (Lipinski definition) is 4. The van der Waals surface area contributed by atoms with Gasteiger partial charge in [-0.1, -0.05) is 30.3 Å². The average molecular weight is 338 g/mol. The summed E-state index contributed by atoms with van der Waals surface area (Å²) >= 11 is 0. The van der Waals surface area contributed by atoms with Gasteiger partial charge >= 0.3 is 0 Å². The zero-order chi connectivity index (χ0) is 17.8. The van der Waals surface area contributed by atoms with Crippen LogP contribution in [0.15, 0.2) is 48.8 Å². The number of benzene rings is 1. The smallest absolute Gasteiger partial charge is 0.157 e. The molecule has 5 heteroatoms. The van der Waals surface area contributed by atoms with E-state index in [1.54, 1.807) is 0 Å². The molecule has 0 aliphatic carbocycles. The maximum atomic E-state index is 10.4. The van der Waals surface area contributed by atoms with E-state index in [4.69, 9.17) is 0 Å². The Hall–Kier alpha value is -2.24. The maximum Gasteiger partial charge on any atom is 0.157 e. The van der Waals surface area contributed by atoms with Gasteiger partial charge in [-0.2, -0.15) is 5.10 Å². The van der Waals surface area contributed by atoms with Crippen LogP contribution in [0.4, 0.5) is 0 Å². The Kier molecular flexibility index (Phi) is 5.46. The zero-order valence-electron chi connectivity index (χ0n) is 15.1. The molecule has 2 N–H and O–H groups in total. The second kappa shape index (κ2) is 7.76. The lowest BCUT2D eigenvalue weighted by molar-refractivity contribution is 0.134. The number of pyridine rings is 1. The van der Waals surface area contributed by atoms with Gasteiger partial charge in [-0.3, -0.25) is 0 Å². The Labute approximate surface area is 148 Å². The first-order valence-corrected chi connectivity index (χ1v) is 8.82. The Morgan fingerprint density at radius 3 is 2.56 bits per heavy atom. The summed E-state index contributed by atoms with van der Waals surface area (Å²) in [5.41, 5.74) is 3.15. The minimum Gasteiger partial charge on any atom is -0.391 e. The molecule has 0 bridgehead atoms. The van der Waals surface area contributed by atoms with Crippen molar-refractivity contribution in [3.8, 4) is 0 Å². The summed E-state index contributed by atoms with van der Waals surface area (Å²) in [7, 11) is 0. The van der Waals surface area contributed by atoms with Gasteiger partial charge in [0.15, 0.2) is 5.65 Å². The number of aromatic nitrogens is 3. The maximum absolute atomic E-state index is 10.4. The molecule has 2 atom stereocenters. The third kappa shape index (κ3) is 4.24. The zero-order valence-corrected chi connectivity index (χ0v) is 15.1. The Bertz CT molecular complexity index is 813. The van der Waals surface area contributed by atoms with Gasteiger partial charge in [0.05, 0.1) is 12.3 Å². The van der Waals surface area contributed by atoms with E-state index < -0.39 is 6.10 Å². The SMILES string of the molecule is CC(NCc1cnc2c(cnn2C(C)C)c1)C(O)Cc1ccccc1. The molecule has 0 fully saturated rings. The molecule has 2 aromatic heterocycles. The second-order valence-electron chi connectivity index (χ2n) is 6.87. The van der Waals surface area contributed by atoms with Crippen molar-refractivity contribution in [2.75, 3.05) is 0 Å². The van der Waals surface area contributed by atoms with E-state index in [0.717, 1.165) is 22.2 Å². The average Bonchev–Trinajstić information content (AvgIpc) is 3.04. The van der Waals surface area contributed by atoms with Crippen LogP contribution in [0.5, 0.6) is 0 Å². The summed E-state index contributed by atoms with van der Waals surface area (Å²) in [6.07, 6.45) is 3.96. The fourth-order valence-electron chi connectivity index (χ4n) is 2.91. The summed E-state index contributed by atoms with van der Waals surface area (Å²) in [5.74, 6) is 0. The summed E-state index contributed by atoms with van der Waals surface area (Å²) in [6, 6.07) is 12.5.